The summed E-state index contributed by atoms with van der Waals surface area (Å²) < 4.78 is 26.0. The van der Waals surface area contributed by atoms with Crippen LogP contribution in [-0.2, 0) is 14.8 Å². The molecule has 2 N–H and O–H groups in total. The van der Waals surface area contributed by atoms with Crippen LogP contribution in [0.3, 0.4) is 0 Å². The van der Waals surface area contributed by atoms with Gasteiger partial charge in [0, 0.05) is 38.8 Å². The van der Waals surface area contributed by atoms with Crippen molar-refractivity contribution in [1.29, 1.82) is 0 Å². The summed E-state index contributed by atoms with van der Waals surface area (Å²) in [6.45, 7) is 2.77. The van der Waals surface area contributed by atoms with E-state index in [1.807, 2.05) is 0 Å². The van der Waals surface area contributed by atoms with Crippen molar-refractivity contribution in [2.75, 3.05) is 25.5 Å². The second-order valence-electron chi connectivity index (χ2n) is 4.54. The fraction of sp³-hybridized carbons (Fsp3) is 0.417. The van der Waals surface area contributed by atoms with E-state index < -0.39 is 10.0 Å². The summed E-state index contributed by atoms with van der Waals surface area (Å²) in [5.41, 5.74) is 0.583. The lowest BCUT2D eigenvalue weighted by atomic mass is 10.2. The molecule has 1 aliphatic heterocycles. The van der Waals surface area contributed by atoms with Gasteiger partial charge < -0.3 is 10.6 Å². The van der Waals surface area contributed by atoms with Crippen molar-refractivity contribution in [3.8, 4) is 0 Å². The largest absolute Gasteiger partial charge is 0.326 e. The maximum atomic E-state index is 12.3. The summed E-state index contributed by atoms with van der Waals surface area (Å²) in [5.74, 6) is -0.187. The normalized spacial score (nSPS) is 16.2. The maximum absolute atomic E-state index is 12.3. The first-order valence-electron chi connectivity index (χ1n) is 5.97. The Labute approximate surface area is 112 Å². The Hall–Kier alpha value is -1.44. The summed E-state index contributed by atoms with van der Waals surface area (Å²) in [6.07, 6.45) is 0. The summed E-state index contributed by atoms with van der Waals surface area (Å²) in [6, 6.07) is 6.19. The number of sulfonamides is 1. The molecule has 0 radical (unpaired) electrons. The molecule has 104 valence electrons. The minimum absolute atomic E-state index is 0.0139. The quantitative estimate of drug-likeness (QED) is 0.829. The first-order valence-corrected chi connectivity index (χ1v) is 7.41. The molecule has 1 aromatic carbocycles. The van der Waals surface area contributed by atoms with E-state index in [0.717, 1.165) is 0 Å². The van der Waals surface area contributed by atoms with Crippen molar-refractivity contribution in [3.63, 3.8) is 0 Å². The molecule has 0 bridgehead atoms. The summed E-state index contributed by atoms with van der Waals surface area (Å²) in [7, 11) is -1.88. The van der Waals surface area contributed by atoms with E-state index in [0.29, 0.717) is 18.8 Å². The van der Waals surface area contributed by atoms with E-state index in [1.165, 1.54) is 23.4 Å². The zero-order valence-electron chi connectivity index (χ0n) is 10.9. The number of nitrogens with one attached hydrogen (secondary N) is 2. The van der Waals surface area contributed by atoms with Crippen molar-refractivity contribution in [2.24, 2.45) is 0 Å². The molecular formula is C12H17N3O3S. The second-order valence-corrected chi connectivity index (χ2v) is 6.54. The van der Waals surface area contributed by atoms with E-state index in [9.17, 15) is 13.2 Å². The molecule has 1 fully saturated rings. The van der Waals surface area contributed by atoms with Crippen LogP contribution in [0.5, 0.6) is 0 Å². The van der Waals surface area contributed by atoms with Crippen LogP contribution in [0, 0.1) is 0 Å². The van der Waals surface area contributed by atoms with Gasteiger partial charge >= 0.3 is 0 Å². The molecule has 0 saturated carbocycles. The first kappa shape index (κ1) is 14.0. The van der Waals surface area contributed by atoms with Gasteiger partial charge in [-0.1, -0.05) is 0 Å². The highest BCUT2D eigenvalue weighted by atomic mass is 32.2. The van der Waals surface area contributed by atoms with E-state index in [1.54, 1.807) is 19.2 Å². The van der Waals surface area contributed by atoms with Crippen LogP contribution < -0.4 is 10.6 Å². The van der Waals surface area contributed by atoms with Crippen molar-refractivity contribution in [2.45, 2.75) is 17.9 Å². The Bertz CT molecular complexity index is 564. The van der Waals surface area contributed by atoms with Gasteiger partial charge in [-0.3, -0.25) is 4.79 Å². The third-order valence-electron chi connectivity index (χ3n) is 3.13. The number of hydrogen-bond acceptors (Lipinski definition) is 4. The molecule has 0 aliphatic carbocycles. The molecule has 7 heteroatoms. The number of rotatable bonds is 4. The molecule has 2 rings (SSSR count). The van der Waals surface area contributed by atoms with Gasteiger partial charge in [0.1, 0.15) is 0 Å². The number of amides is 1. The molecule has 1 aliphatic rings. The first-order chi connectivity index (χ1) is 8.91. The molecule has 1 amide bonds. The molecule has 0 unspecified atom stereocenters. The Kier molecular flexibility index (Phi) is 3.88. The Morgan fingerprint density at radius 3 is 2.32 bits per heavy atom. The second kappa shape index (κ2) is 5.28. The van der Waals surface area contributed by atoms with Gasteiger partial charge in [0.15, 0.2) is 0 Å². The third kappa shape index (κ3) is 2.94. The van der Waals surface area contributed by atoms with Crippen LogP contribution in [0.15, 0.2) is 29.2 Å². The molecule has 1 saturated heterocycles. The number of anilines is 1. The number of benzene rings is 1. The Morgan fingerprint density at radius 2 is 1.89 bits per heavy atom. The molecule has 19 heavy (non-hydrogen) atoms. The van der Waals surface area contributed by atoms with Gasteiger partial charge in [-0.15, -0.1) is 0 Å². The average molecular weight is 283 g/mol. The molecule has 0 aromatic heterocycles. The fourth-order valence-electron chi connectivity index (χ4n) is 1.81. The zero-order valence-corrected chi connectivity index (χ0v) is 11.7. The van der Waals surface area contributed by atoms with Gasteiger partial charge in [0.2, 0.25) is 15.9 Å². The van der Waals surface area contributed by atoms with Gasteiger partial charge in [-0.2, -0.15) is 4.31 Å². The lowest BCUT2D eigenvalue weighted by molar-refractivity contribution is -0.114. The summed E-state index contributed by atoms with van der Waals surface area (Å²) >= 11 is 0. The topological polar surface area (TPSA) is 78.5 Å². The van der Waals surface area contributed by atoms with Gasteiger partial charge in [-0.25, -0.2) is 8.42 Å². The Morgan fingerprint density at radius 1 is 1.32 bits per heavy atom. The summed E-state index contributed by atoms with van der Waals surface area (Å²) in [4.78, 5) is 11.1. The highest BCUT2D eigenvalue weighted by molar-refractivity contribution is 7.89. The van der Waals surface area contributed by atoms with Crippen LogP contribution in [0.2, 0.25) is 0 Å². The van der Waals surface area contributed by atoms with Crippen molar-refractivity contribution in [1.82, 2.24) is 9.62 Å². The molecule has 1 aromatic rings. The van der Waals surface area contributed by atoms with Crippen LogP contribution >= 0.6 is 0 Å². The highest BCUT2D eigenvalue weighted by Gasteiger charge is 2.31. The SMILES string of the molecule is CC(=O)Nc1ccc(S(=O)(=O)N(C)C2CNC2)cc1. The van der Waals surface area contributed by atoms with Crippen molar-refractivity contribution < 1.29 is 13.2 Å². The smallest absolute Gasteiger partial charge is 0.243 e. The van der Waals surface area contributed by atoms with Crippen molar-refractivity contribution >= 4 is 21.6 Å². The van der Waals surface area contributed by atoms with Gasteiger partial charge in [-0.05, 0) is 24.3 Å². The predicted octanol–water partition coefficient (Wildman–Crippen LogP) is 0.237. The van der Waals surface area contributed by atoms with Gasteiger partial charge in [0.25, 0.3) is 0 Å². The molecule has 0 spiro atoms. The predicted molar refractivity (Wildman–Crippen MR) is 72.4 cm³/mol. The highest BCUT2D eigenvalue weighted by Crippen LogP contribution is 2.20. The van der Waals surface area contributed by atoms with E-state index in [4.69, 9.17) is 0 Å². The Balaban J connectivity index is 2.18. The number of nitrogens with zero attached hydrogens (tertiary/aromatic N) is 1. The van der Waals surface area contributed by atoms with E-state index >= 15 is 0 Å². The number of likely N-dealkylation sites (N-methyl/N-ethyl adjacent to an activating group) is 1. The molecular weight excluding hydrogens is 266 g/mol. The standard InChI is InChI=1S/C12H17N3O3S/c1-9(16)14-10-3-5-12(6-4-10)19(17,18)15(2)11-7-13-8-11/h3-6,11,13H,7-8H2,1-2H3,(H,14,16). The van der Waals surface area contributed by atoms with Crippen LogP contribution in [-0.4, -0.2) is 44.8 Å². The third-order valence-corrected chi connectivity index (χ3v) is 5.05. The molecule has 0 atom stereocenters. The monoisotopic (exact) mass is 283 g/mol. The fourth-order valence-corrected chi connectivity index (χ4v) is 3.16. The van der Waals surface area contributed by atoms with E-state index in [-0.39, 0.29) is 16.8 Å². The minimum atomic E-state index is -3.46. The van der Waals surface area contributed by atoms with E-state index in [2.05, 4.69) is 10.6 Å². The number of carbonyl (C=O) groups is 1. The van der Waals surface area contributed by atoms with Crippen LogP contribution in [0.4, 0.5) is 5.69 Å². The maximum Gasteiger partial charge on any atom is 0.243 e. The van der Waals surface area contributed by atoms with Crippen LogP contribution in [0.25, 0.3) is 0 Å². The molecule has 1 heterocycles. The summed E-state index contributed by atoms with van der Waals surface area (Å²) in [5, 5.41) is 5.64. The lowest BCUT2D eigenvalue weighted by Crippen LogP contribution is -2.57. The lowest BCUT2D eigenvalue weighted by Gasteiger charge is -2.34. The van der Waals surface area contributed by atoms with Crippen molar-refractivity contribution in [3.05, 3.63) is 24.3 Å². The minimum Gasteiger partial charge on any atom is -0.326 e. The zero-order chi connectivity index (χ0) is 14.0. The number of hydrogen-bond donors (Lipinski definition) is 2. The molecule has 6 nitrogen and oxygen atoms in total. The average Bonchev–Trinajstić information content (AvgIpc) is 2.26. The van der Waals surface area contributed by atoms with Crippen LogP contribution in [0.1, 0.15) is 6.92 Å². The van der Waals surface area contributed by atoms with Gasteiger partial charge in [0.05, 0.1) is 4.90 Å². The number of carbonyl (C=O) groups excluding carboxylic acids is 1.